The molecular formula is C53H93NO13. The number of carbonyl (C=O) groups excluding carboxylic acids is 1. The van der Waals surface area contributed by atoms with Gasteiger partial charge >= 0.3 is 0 Å². The molecule has 0 aromatic rings. The Morgan fingerprint density at radius 1 is 0.552 bits per heavy atom. The van der Waals surface area contributed by atoms with Crippen LogP contribution >= 0.6 is 0 Å². The van der Waals surface area contributed by atoms with Crippen LogP contribution in [-0.2, 0) is 23.7 Å². The number of nitrogens with one attached hydrogen (secondary N) is 1. The largest absolute Gasteiger partial charge is 0.394 e. The molecule has 2 heterocycles. The van der Waals surface area contributed by atoms with Crippen molar-refractivity contribution in [2.45, 2.75) is 248 Å². The molecule has 0 bridgehead atoms. The molecule has 0 saturated carbocycles. The van der Waals surface area contributed by atoms with E-state index in [0.717, 1.165) is 83.5 Å². The molecule has 1 amide bonds. The van der Waals surface area contributed by atoms with Gasteiger partial charge in [0.05, 0.1) is 32.0 Å². The zero-order chi connectivity index (χ0) is 48.9. The van der Waals surface area contributed by atoms with Crippen LogP contribution < -0.4 is 5.32 Å². The van der Waals surface area contributed by atoms with Gasteiger partial charge in [-0.1, -0.05) is 171 Å². The molecule has 9 N–H and O–H groups in total. The second-order valence-electron chi connectivity index (χ2n) is 18.3. The molecule has 2 rings (SSSR count). The molecule has 0 radical (unpaired) electrons. The predicted molar refractivity (Wildman–Crippen MR) is 263 cm³/mol. The molecule has 2 fully saturated rings. The number of hydrogen-bond donors (Lipinski definition) is 9. The zero-order valence-corrected chi connectivity index (χ0v) is 41.1. The van der Waals surface area contributed by atoms with E-state index in [1.165, 1.54) is 64.2 Å². The van der Waals surface area contributed by atoms with Gasteiger partial charge in [-0.15, -0.1) is 0 Å². The van der Waals surface area contributed by atoms with Crippen molar-refractivity contribution in [1.29, 1.82) is 0 Å². The normalized spacial score (nSPS) is 27.1. The molecule has 0 aromatic heterocycles. The summed E-state index contributed by atoms with van der Waals surface area (Å²) in [4.78, 5) is 13.1. The average Bonchev–Trinajstić information content (AvgIpc) is 3.33. The minimum atomic E-state index is -1.78. The summed E-state index contributed by atoms with van der Waals surface area (Å²) < 4.78 is 22.6. The molecule has 14 nitrogen and oxygen atoms in total. The molecule has 2 aliphatic rings. The summed E-state index contributed by atoms with van der Waals surface area (Å²) in [5, 5.41) is 86.2. The van der Waals surface area contributed by atoms with E-state index in [2.05, 4.69) is 79.9 Å². The summed E-state index contributed by atoms with van der Waals surface area (Å²) >= 11 is 0. The molecule has 0 aliphatic carbocycles. The first-order chi connectivity index (χ1) is 32.6. The third kappa shape index (κ3) is 26.5. The van der Waals surface area contributed by atoms with E-state index in [-0.39, 0.29) is 12.5 Å². The van der Waals surface area contributed by atoms with Crippen molar-refractivity contribution < 1.29 is 64.6 Å². The summed E-state index contributed by atoms with van der Waals surface area (Å²) in [6.07, 6.45) is 31.8. The highest BCUT2D eigenvalue weighted by atomic mass is 16.7. The summed E-state index contributed by atoms with van der Waals surface area (Å²) in [5.41, 5.74) is 0. The predicted octanol–water partition coefficient (Wildman–Crippen LogP) is 7.05. The minimum Gasteiger partial charge on any atom is -0.394 e. The molecule has 2 aliphatic heterocycles. The van der Waals surface area contributed by atoms with Gasteiger partial charge in [0.25, 0.3) is 0 Å². The first-order valence-electron chi connectivity index (χ1n) is 26.0. The van der Waals surface area contributed by atoms with E-state index >= 15 is 0 Å². The molecule has 67 heavy (non-hydrogen) atoms. The number of aliphatic hydroxyl groups is 8. The van der Waals surface area contributed by atoms with Crippen LogP contribution in [0.15, 0.2) is 60.8 Å². The molecule has 388 valence electrons. The summed E-state index contributed by atoms with van der Waals surface area (Å²) in [7, 11) is 0. The Bertz CT molecular complexity index is 1360. The van der Waals surface area contributed by atoms with E-state index in [1.807, 2.05) is 0 Å². The Hall–Kier alpha value is -2.31. The molecule has 0 aromatic carbocycles. The summed E-state index contributed by atoms with van der Waals surface area (Å²) in [6, 6.07) is -0.827. The van der Waals surface area contributed by atoms with Crippen molar-refractivity contribution >= 4 is 5.91 Å². The Kier molecular flexibility index (Phi) is 35.8. The van der Waals surface area contributed by atoms with Gasteiger partial charge in [-0.3, -0.25) is 4.79 Å². The van der Waals surface area contributed by atoms with Gasteiger partial charge in [-0.05, 0) is 57.8 Å². The average molecular weight is 952 g/mol. The summed E-state index contributed by atoms with van der Waals surface area (Å²) in [5.74, 6) is -0.221. The molecule has 12 atom stereocenters. The maximum atomic E-state index is 13.1. The van der Waals surface area contributed by atoms with E-state index in [0.29, 0.717) is 12.8 Å². The van der Waals surface area contributed by atoms with E-state index in [9.17, 15) is 45.6 Å². The molecule has 2 saturated heterocycles. The lowest BCUT2D eigenvalue weighted by molar-refractivity contribution is -0.359. The second kappa shape index (κ2) is 39.4. The van der Waals surface area contributed by atoms with Gasteiger partial charge in [-0.2, -0.15) is 0 Å². The smallest absolute Gasteiger partial charge is 0.220 e. The van der Waals surface area contributed by atoms with Gasteiger partial charge in [0.15, 0.2) is 12.6 Å². The highest BCUT2D eigenvalue weighted by Gasteiger charge is 2.51. The van der Waals surface area contributed by atoms with Crippen molar-refractivity contribution in [2.75, 3.05) is 19.8 Å². The molecule has 14 heteroatoms. The number of allylic oxidation sites excluding steroid dienone is 10. The SMILES string of the molecule is CC/C=C\C/C=C\C/C=C\C/C=C\C/C=C\CCCCCCCCCCCCCCCC(=O)NC(COC1OC(CO)C(OC2OC(CO)C(O)C(O)C2O)C(O)C1O)C(O)CCCCCC. The molecule has 12 unspecified atom stereocenters. The van der Waals surface area contributed by atoms with Crippen molar-refractivity contribution in [3.05, 3.63) is 60.8 Å². The van der Waals surface area contributed by atoms with Crippen LogP contribution in [-0.4, -0.2) is 140 Å². The van der Waals surface area contributed by atoms with Gasteiger partial charge in [-0.25, -0.2) is 0 Å². The van der Waals surface area contributed by atoms with E-state index in [4.69, 9.17) is 18.9 Å². The lowest BCUT2D eigenvalue weighted by Gasteiger charge is -2.46. The number of aliphatic hydroxyl groups excluding tert-OH is 8. The first-order valence-corrected chi connectivity index (χ1v) is 26.0. The quantitative estimate of drug-likeness (QED) is 0.0223. The fourth-order valence-electron chi connectivity index (χ4n) is 8.26. The van der Waals surface area contributed by atoms with Gasteiger partial charge < -0.3 is 65.1 Å². The van der Waals surface area contributed by atoms with Crippen LogP contribution in [0.3, 0.4) is 0 Å². The third-order valence-corrected chi connectivity index (χ3v) is 12.5. The topological polar surface area (TPSA) is 228 Å². The van der Waals surface area contributed by atoms with Crippen molar-refractivity contribution in [2.24, 2.45) is 0 Å². The van der Waals surface area contributed by atoms with Gasteiger partial charge in [0.1, 0.15) is 48.8 Å². The lowest BCUT2D eigenvalue weighted by atomic mass is 9.97. The fourth-order valence-corrected chi connectivity index (χ4v) is 8.26. The van der Waals surface area contributed by atoms with Crippen molar-refractivity contribution in [3.8, 4) is 0 Å². The molecular weight excluding hydrogens is 859 g/mol. The third-order valence-electron chi connectivity index (χ3n) is 12.5. The Morgan fingerprint density at radius 2 is 1.03 bits per heavy atom. The highest BCUT2D eigenvalue weighted by Crippen LogP contribution is 2.30. The minimum absolute atomic E-state index is 0.221. The van der Waals surface area contributed by atoms with Crippen LogP contribution in [0.25, 0.3) is 0 Å². The number of unbranched alkanes of at least 4 members (excludes halogenated alkanes) is 16. The second-order valence-corrected chi connectivity index (χ2v) is 18.3. The van der Waals surface area contributed by atoms with Crippen LogP contribution in [0.4, 0.5) is 0 Å². The van der Waals surface area contributed by atoms with Crippen LogP contribution in [0.2, 0.25) is 0 Å². The maximum Gasteiger partial charge on any atom is 0.220 e. The highest BCUT2D eigenvalue weighted by molar-refractivity contribution is 5.76. The zero-order valence-electron chi connectivity index (χ0n) is 41.1. The van der Waals surface area contributed by atoms with Crippen molar-refractivity contribution in [3.63, 3.8) is 0 Å². The number of ether oxygens (including phenoxy) is 4. The molecule has 0 spiro atoms. The summed E-state index contributed by atoms with van der Waals surface area (Å²) in [6.45, 7) is 2.59. The Balaban J connectivity index is 1.59. The van der Waals surface area contributed by atoms with E-state index < -0.39 is 86.8 Å². The standard InChI is InChI=1S/C53H93NO13/c1-3-5-7-9-10-11-12-13-14-15-16-17-18-19-20-21-22-23-24-25-26-27-28-29-30-31-32-33-35-37-45(58)54-41(42(57)36-34-8-6-4-2)40-64-52-50(63)48(61)51(44(39-56)66-52)67-53-49(62)47(60)46(59)43(38-55)65-53/h5,7,10-11,13-14,16-17,19-20,41-44,46-53,55-57,59-63H,3-4,6,8-9,12,15,18,21-40H2,1-2H3,(H,54,58)/b7-5-,11-10-,14-13-,17-16-,20-19-. The van der Waals surface area contributed by atoms with Gasteiger partial charge in [0.2, 0.25) is 5.91 Å². The Morgan fingerprint density at radius 3 is 1.57 bits per heavy atom. The lowest BCUT2D eigenvalue weighted by Crippen LogP contribution is -2.65. The van der Waals surface area contributed by atoms with Crippen molar-refractivity contribution in [1.82, 2.24) is 5.32 Å². The monoisotopic (exact) mass is 952 g/mol. The van der Waals surface area contributed by atoms with Crippen LogP contribution in [0, 0.1) is 0 Å². The maximum absolute atomic E-state index is 13.1. The van der Waals surface area contributed by atoms with Crippen LogP contribution in [0.5, 0.6) is 0 Å². The fraction of sp³-hybridized carbons (Fsp3) is 0.792. The number of rotatable bonds is 39. The number of amides is 1. The Labute approximate surface area is 403 Å². The van der Waals surface area contributed by atoms with E-state index in [1.54, 1.807) is 0 Å². The van der Waals surface area contributed by atoms with Gasteiger partial charge in [0, 0.05) is 6.42 Å². The first kappa shape index (κ1) is 60.8. The number of hydrogen-bond acceptors (Lipinski definition) is 13. The number of carbonyl (C=O) groups is 1. The van der Waals surface area contributed by atoms with Crippen LogP contribution in [0.1, 0.15) is 174 Å².